The van der Waals surface area contributed by atoms with Crippen molar-refractivity contribution in [2.24, 2.45) is 0 Å². The molecular formula is C11H22N2O4. The molecule has 0 aromatic heterocycles. The Kier molecular flexibility index (Phi) is 5.17. The Morgan fingerprint density at radius 3 is 2.71 bits per heavy atom. The first-order valence-electron chi connectivity index (χ1n) is 5.73. The molecule has 1 heterocycles. The topological polar surface area (TPSA) is 68.8 Å². The maximum absolute atomic E-state index is 11.6. The van der Waals surface area contributed by atoms with E-state index in [1.165, 1.54) is 0 Å². The number of alkyl carbamates (subject to hydrolysis) is 1. The summed E-state index contributed by atoms with van der Waals surface area (Å²) in [5.74, 6) is 0. The summed E-state index contributed by atoms with van der Waals surface area (Å²) in [6.45, 7) is 7.09. The molecule has 100 valence electrons. The summed E-state index contributed by atoms with van der Waals surface area (Å²) in [6.07, 6.45) is -0.500. The highest BCUT2D eigenvalue weighted by Crippen LogP contribution is 2.09. The van der Waals surface area contributed by atoms with E-state index in [-0.39, 0.29) is 18.9 Å². The van der Waals surface area contributed by atoms with Gasteiger partial charge in [-0.1, -0.05) is 0 Å². The molecule has 1 saturated heterocycles. The molecule has 1 aliphatic rings. The summed E-state index contributed by atoms with van der Waals surface area (Å²) in [5.41, 5.74) is -0.487. The third-order valence-electron chi connectivity index (χ3n) is 2.26. The number of amides is 1. The van der Waals surface area contributed by atoms with Crippen molar-refractivity contribution < 1.29 is 19.0 Å². The summed E-state index contributed by atoms with van der Waals surface area (Å²) in [6, 6.07) is -0.0833. The highest BCUT2D eigenvalue weighted by Gasteiger charge is 2.30. The maximum Gasteiger partial charge on any atom is 0.408 e. The second-order valence-electron chi connectivity index (χ2n) is 5.02. The first kappa shape index (κ1) is 14.2. The second-order valence-corrected chi connectivity index (χ2v) is 5.02. The zero-order chi connectivity index (χ0) is 12.9. The molecule has 1 rings (SSSR count). The summed E-state index contributed by atoms with van der Waals surface area (Å²) in [4.78, 5) is 11.6. The molecule has 0 saturated carbocycles. The van der Waals surface area contributed by atoms with Crippen LogP contribution in [0, 0.1) is 0 Å². The van der Waals surface area contributed by atoms with Crippen LogP contribution in [0.3, 0.4) is 0 Å². The van der Waals surface area contributed by atoms with Crippen LogP contribution >= 0.6 is 0 Å². The molecule has 2 atom stereocenters. The first-order chi connectivity index (χ1) is 7.92. The molecule has 0 bridgehead atoms. The lowest BCUT2D eigenvalue weighted by Crippen LogP contribution is -2.46. The quantitative estimate of drug-likeness (QED) is 0.706. The van der Waals surface area contributed by atoms with Gasteiger partial charge < -0.3 is 24.8 Å². The molecule has 6 heteroatoms. The van der Waals surface area contributed by atoms with E-state index in [2.05, 4.69) is 10.6 Å². The fourth-order valence-electron chi connectivity index (χ4n) is 1.59. The predicted molar refractivity (Wildman–Crippen MR) is 62.8 cm³/mol. The van der Waals surface area contributed by atoms with Gasteiger partial charge in [-0.25, -0.2) is 4.79 Å². The third kappa shape index (κ3) is 5.34. The van der Waals surface area contributed by atoms with Gasteiger partial charge in [0.05, 0.1) is 12.1 Å². The van der Waals surface area contributed by atoms with Crippen molar-refractivity contribution in [1.82, 2.24) is 10.6 Å². The van der Waals surface area contributed by atoms with Crippen LogP contribution in [0.25, 0.3) is 0 Å². The number of ether oxygens (including phenoxy) is 3. The Balaban J connectivity index is 2.36. The van der Waals surface area contributed by atoms with Crippen molar-refractivity contribution in [3.63, 3.8) is 0 Å². The van der Waals surface area contributed by atoms with Crippen molar-refractivity contribution in [3.05, 3.63) is 0 Å². The zero-order valence-corrected chi connectivity index (χ0v) is 10.9. The van der Waals surface area contributed by atoms with Crippen LogP contribution in [0.4, 0.5) is 4.79 Å². The smallest absolute Gasteiger partial charge is 0.408 e. The van der Waals surface area contributed by atoms with Crippen LogP contribution in [0.1, 0.15) is 20.8 Å². The summed E-state index contributed by atoms with van der Waals surface area (Å²) in [7, 11) is 1.57. The van der Waals surface area contributed by atoms with Crippen LogP contribution in [-0.2, 0) is 14.2 Å². The van der Waals surface area contributed by atoms with E-state index in [1.54, 1.807) is 7.11 Å². The lowest BCUT2D eigenvalue weighted by molar-refractivity contribution is -0.0721. The molecule has 0 aromatic carbocycles. The first-order valence-corrected chi connectivity index (χ1v) is 5.73. The minimum atomic E-state index is -0.487. The molecule has 0 spiro atoms. The molecule has 0 aliphatic carbocycles. The predicted octanol–water partition coefficient (Wildman–Crippen LogP) is 0.472. The molecule has 1 amide bonds. The van der Waals surface area contributed by atoms with Crippen LogP contribution in [0.5, 0.6) is 0 Å². The minimum absolute atomic E-state index is 0.0810. The van der Waals surface area contributed by atoms with Gasteiger partial charge in [0.25, 0.3) is 0 Å². The number of nitrogens with one attached hydrogen (secondary N) is 2. The molecule has 0 aromatic rings. The molecule has 1 fully saturated rings. The molecule has 2 N–H and O–H groups in total. The molecule has 0 radical (unpaired) electrons. The second kappa shape index (κ2) is 6.18. The molecule has 1 aliphatic heterocycles. The van der Waals surface area contributed by atoms with Gasteiger partial charge in [-0.05, 0) is 20.8 Å². The SMILES string of the molecule is COCOC1CNCC1NC(=O)OC(C)(C)C. The van der Waals surface area contributed by atoms with Crippen molar-refractivity contribution in [1.29, 1.82) is 0 Å². The largest absolute Gasteiger partial charge is 0.444 e. The average Bonchev–Trinajstić information content (AvgIpc) is 2.59. The minimum Gasteiger partial charge on any atom is -0.444 e. The van der Waals surface area contributed by atoms with Gasteiger partial charge in [-0.3, -0.25) is 0 Å². The van der Waals surface area contributed by atoms with E-state index >= 15 is 0 Å². The fraction of sp³-hybridized carbons (Fsp3) is 0.909. The number of hydrogen-bond donors (Lipinski definition) is 2. The van der Waals surface area contributed by atoms with E-state index in [9.17, 15) is 4.79 Å². The van der Waals surface area contributed by atoms with Gasteiger partial charge in [-0.2, -0.15) is 0 Å². The molecule has 2 unspecified atom stereocenters. The summed E-state index contributed by atoms with van der Waals surface area (Å²) < 4.78 is 15.5. The van der Waals surface area contributed by atoms with Gasteiger partial charge >= 0.3 is 6.09 Å². The van der Waals surface area contributed by atoms with Crippen molar-refractivity contribution in [2.75, 3.05) is 27.0 Å². The lowest BCUT2D eigenvalue weighted by atomic mass is 10.2. The van der Waals surface area contributed by atoms with E-state index < -0.39 is 11.7 Å². The highest BCUT2D eigenvalue weighted by molar-refractivity contribution is 5.68. The number of carbonyl (C=O) groups is 1. The van der Waals surface area contributed by atoms with Gasteiger partial charge in [0.1, 0.15) is 12.4 Å². The lowest BCUT2D eigenvalue weighted by Gasteiger charge is -2.24. The van der Waals surface area contributed by atoms with Gasteiger partial charge in [-0.15, -0.1) is 0 Å². The fourth-order valence-corrected chi connectivity index (χ4v) is 1.59. The molecular weight excluding hydrogens is 224 g/mol. The van der Waals surface area contributed by atoms with Gasteiger partial charge in [0.2, 0.25) is 0 Å². The Morgan fingerprint density at radius 2 is 2.12 bits per heavy atom. The van der Waals surface area contributed by atoms with Crippen molar-refractivity contribution in [3.8, 4) is 0 Å². The van der Waals surface area contributed by atoms with Gasteiger partial charge in [0, 0.05) is 20.2 Å². The van der Waals surface area contributed by atoms with Crippen molar-refractivity contribution >= 4 is 6.09 Å². The third-order valence-corrected chi connectivity index (χ3v) is 2.26. The van der Waals surface area contributed by atoms with E-state index in [0.717, 1.165) is 0 Å². The number of carbonyl (C=O) groups excluding carboxylic acids is 1. The van der Waals surface area contributed by atoms with Crippen LogP contribution in [0.15, 0.2) is 0 Å². The average molecular weight is 246 g/mol. The highest BCUT2D eigenvalue weighted by atomic mass is 16.7. The Bertz CT molecular complexity index is 252. The normalized spacial score (nSPS) is 24.7. The van der Waals surface area contributed by atoms with E-state index in [4.69, 9.17) is 14.2 Å². The van der Waals surface area contributed by atoms with E-state index in [1.807, 2.05) is 20.8 Å². The summed E-state index contributed by atoms with van der Waals surface area (Å²) >= 11 is 0. The molecule has 17 heavy (non-hydrogen) atoms. The number of rotatable bonds is 4. The van der Waals surface area contributed by atoms with Crippen LogP contribution in [0.2, 0.25) is 0 Å². The Morgan fingerprint density at radius 1 is 1.41 bits per heavy atom. The maximum atomic E-state index is 11.6. The molecule has 6 nitrogen and oxygen atoms in total. The van der Waals surface area contributed by atoms with Gasteiger partial charge in [0.15, 0.2) is 0 Å². The summed E-state index contributed by atoms with van der Waals surface area (Å²) in [5, 5.41) is 5.94. The number of methoxy groups -OCH3 is 1. The van der Waals surface area contributed by atoms with Crippen LogP contribution in [-0.4, -0.2) is 50.8 Å². The van der Waals surface area contributed by atoms with Crippen molar-refractivity contribution in [2.45, 2.75) is 38.5 Å². The van der Waals surface area contributed by atoms with Crippen LogP contribution < -0.4 is 10.6 Å². The standard InChI is InChI=1S/C11H22N2O4/c1-11(2,3)17-10(14)13-8-5-12-6-9(8)16-7-15-4/h8-9,12H,5-7H2,1-4H3,(H,13,14). The zero-order valence-electron chi connectivity index (χ0n) is 10.9. The van der Waals surface area contributed by atoms with E-state index in [0.29, 0.717) is 13.1 Å². The monoisotopic (exact) mass is 246 g/mol. The Hall–Kier alpha value is -0.850. The number of hydrogen-bond acceptors (Lipinski definition) is 5. The Labute approximate surface area is 102 Å².